The molecule has 0 bridgehead atoms. The van der Waals surface area contributed by atoms with Gasteiger partial charge in [-0.3, -0.25) is 23.7 Å². The summed E-state index contributed by atoms with van der Waals surface area (Å²) < 4.78 is 3.94. The van der Waals surface area contributed by atoms with Gasteiger partial charge in [-0.15, -0.1) is 0 Å². The topological polar surface area (TPSA) is 280 Å². The number of nitrogens with one attached hydrogen (secondary N) is 2. The van der Waals surface area contributed by atoms with E-state index < -0.39 is 5.97 Å². The Morgan fingerprint density at radius 3 is 1.39 bits per heavy atom. The maximum Gasteiger partial charge on any atom is 0.335 e. The summed E-state index contributed by atoms with van der Waals surface area (Å²) in [5.41, 5.74) is 12.5. The number of rotatable bonds is 16. The van der Waals surface area contributed by atoms with E-state index >= 15 is 0 Å². The largest absolute Gasteiger partial charge is 0.478 e. The number of carbonyl (C=O) groups excluding carboxylic acids is 3. The Kier molecular flexibility index (Phi) is 17.1. The van der Waals surface area contributed by atoms with Gasteiger partial charge in [-0.05, 0) is 121 Å². The second kappa shape index (κ2) is 24.3. The fourth-order valence-corrected chi connectivity index (χ4v) is 10.1. The molecule has 4 aliphatic carbocycles. The lowest BCUT2D eigenvalue weighted by molar-refractivity contribution is -0.134. The fraction of sp³-hybridized carbons (Fsp3) is 0.467. The van der Waals surface area contributed by atoms with E-state index in [2.05, 4.69) is 47.9 Å². The molecule has 0 spiro atoms. The van der Waals surface area contributed by atoms with Crippen LogP contribution in [0.5, 0.6) is 0 Å². The Hall–Kier alpha value is -8.36. The summed E-state index contributed by atoms with van der Waals surface area (Å²) in [6, 6.07) is 19.2. The summed E-state index contributed by atoms with van der Waals surface area (Å²) in [5.74, 6) is 1.23. The van der Waals surface area contributed by atoms with Gasteiger partial charge in [0, 0.05) is 92.5 Å². The lowest BCUT2D eigenvalue weighted by Gasteiger charge is -2.32. The summed E-state index contributed by atoms with van der Waals surface area (Å²) in [6.07, 6.45) is 23.7. The molecule has 4 aromatic heterocycles. The highest BCUT2D eigenvalue weighted by atomic mass is 16.4. The third kappa shape index (κ3) is 13.7. The van der Waals surface area contributed by atoms with Gasteiger partial charge in [0.15, 0.2) is 5.78 Å². The van der Waals surface area contributed by atoms with Crippen LogP contribution in [0.3, 0.4) is 0 Å². The smallest absolute Gasteiger partial charge is 0.335 e. The minimum absolute atomic E-state index is 0. The van der Waals surface area contributed by atoms with Gasteiger partial charge in [0.2, 0.25) is 23.7 Å². The van der Waals surface area contributed by atoms with Crippen molar-refractivity contribution >= 4 is 46.8 Å². The van der Waals surface area contributed by atoms with Crippen molar-refractivity contribution in [1.82, 2.24) is 49.3 Å². The molecule has 6 aromatic rings. The normalized spacial score (nSPS) is 17.9. The Labute approximate surface area is 466 Å². The number of carboxylic acid groups (broad SMARTS) is 1. The zero-order valence-corrected chi connectivity index (χ0v) is 44.9. The van der Waals surface area contributed by atoms with Crippen LogP contribution in [0.4, 0.5) is 23.3 Å². The third-order valence-corrected chi connectivity index (χ3v) is 16.1. The number of amides is 2. The van der Waals surface area contributed by atoms with Crippen LogP contribution in [-0.2, 0) is 9.59 Å². The van der Waals surface area contributed by atoms with Crippen LogP contribution >= 0.6 is 0 Å². The highest BCUT2D eigenvalue weighted by Crippen LogP contribution is 2.49. The average Bonchev–Trinajstić information content (AvgIpc) is 4.30. The standard InChI is InChI=1S/C30H33N7O2.C24H26N6O3.C5H8N2.CH4/c1-20-16-32-29(34-24-17-33-37(18-24)25-9-14-36(15-10-25)28(39)23-6-7-23)35-27(20)22-4-2-21(3-5-22)26(38)8-11-30(19-31)12-13-30;1-15-12-25-24(28-21(15)16-2-6-18(7-3-16)23(32)33)27-19-13-26-30(14-19)20-8-10-29(11-9-20)22(31)17-4-5-17;6-3-5(4-7)1-2-5;/h2-5,16-18,23,25H,6-15H2,1H3,(H,32,34,35);2-3,6-7,12-14,17,20H,4-5,8-11H2,1H3,(H,32,33)(H,25,27,28);1-3,6H2;1H4. The fourth-order valence-electron chi connectivity index (χ4n) is 10.1. The predicted molar refractivity (Wildman–Crippen MR) is 301 cm³/mol. The Morgan fingerprint density at radius 2 is 1.04 bits per heavy atom. The van der Waals surface area contributed by atoms with E-state index in [1.54, 1.807) is 49.1 Å². The van der Waals surface area contributed by atoms with Crippen LogP contribution in [0.25, 0.3) is 22.5 Å². The molecule has 0 radical (unpaired) electrons. The summed E-state index contributed by atoms with van der Waals surface area (Å²) in [4.78, 5) is 70.6. The molecule has 6 heterocycles. The molecule has 2 aromatic carbocycles. The second-order valence-corrected chi connectivity index (χ2v) is 22.2. The van der Waals surface area contributed by atoms with Crippen LogP contribution in [0, 0.1) is 59.2 Å². The highest BCUT2D eigenvalue weighted by molar-refractivity contribution is 5.96. The molecule has 0 atom stereocenters. The van der Waals surface area contributed by atoms with Gasteiger partial charge < -0.3 is 31.3 Å². The predicted octanol–water partition coefficient (Wildman–Crippen LogP) is 9.78. The van der Waals surface area contributed by atoms with Crippen LogP contribution in [0.1, 0.15) is 141 Å². The number of benzene rings is 2. The van der Waals surface area contributed by atoms with Gasteiger partial charge in [0.05, 0.1) is 75.8 Å². The van der Waals surface area contributed by atoms with Crippen molar-refractivity contribution < 1.29 is 24.3 Å². The van der Waals surface area contributed by atoms with Crippen LogP contribution in [0.2, 0.25) is 0 Å². The van der Waals surface area contributed by atoms with E-state index in [1.165, 1.54) is 0 Å². The molecule has 20 heteroatoms. The molecule has 2 saturated heterocycles. The molecule has 2 amide bonds. The van der Waals surface area contributed by atoms with E-state index in [0.29, 0.717) is 48.7 Å². The number of piperidine rings is 2. The lowest BCUT2D eigenvalue weighted by atomic mass is 9.96. The monoisotopic (exact) mass is 1080 g/mol. The second-order valence-electron chi connectivity index (χ2n) is 22.2. The number of nitriles is 2. The molecule has 4 saturated carbocycles. The number of Topliss-reactive ketones (excluding diaryl/α,β-unsaturated/α-hetero) is 1. The van der Waals surface area contributed by atoms with E-state index in [9.17, 15) is 24.4 Å². The Bertz CT molecular complexity index is 3270. The number of carboxylic acids is 1. The molecule has 5 N–H and O–H groups in total. The molecule has 20 nitrogen and oxygen atoms in total. The molecule has 6 fully saturated rings. The van der Waals surface area contributed by atoms with Gasteiger partial charge in [-0.2, -0.15) is 20.7 Å². The SMILES string of the molecule is C.Cc1cnc(Nc2cnn(C3CCN(C(=O)C4CC4)CC3)c2)nc1-c1ccc(C(=O)CCC2(C#N)CC2)cc1.Cc1cnc(Nc2cnn(C3CCN(C(=O)C4CC4)CC3)c2)nc1-c1ccc(C(=O)O)cc1.N#CC1(CN)CC1. The Balaban J connectivity index is 0.000000172. The number of aromatic nitrogens is 8. The maximum absolute atomic E-state index is 12.6. The number of carbonyl (C=O) groups is 4. The van der Waals surface area contributed by atoms with Crippen LogP contribution in [-0.4, -0.2) is 111 Å². The van der Waals surface area contributed by atoms with E-state index in [0.717, 1.165) is 148 Å². The minimum Gasteiger partial charge on any atom is -0.478 e. The molecule has 6 aliphatic rings. The number of ketones is 1. The summed E-state index contributed by atoms with van der Waals surface area (Å²) in [7, 11) is 0. The van der Waals surface area contributed by atoms with E-state index in [-0.39, 0.29) is 53.5 Å². The van der Waals surface area contributed by atoms with Crippen molar-refractivity contribution in [1.29, 1.82) is 10.5 Å². The van der Waals surface area contributed by atoms with Crippen molar-refractivity contribution in [3.8, 4) is 34.7 Å². The van der Waals surface area contributed by atoms with Crippen LogP contribution < -0.4 is 16.4 Å². The first-order valence-electron chi connectivity index (χ1n) is 27.6. The van der Waals surface area contributed by atoms with Crippen LogP contribution in [0.15, 0.2) is 85.7 Å². The number of hydrogen-bond donors (Lipinski definition) is 4. The van der Waals surface area contributed by atoms with Crippen molar-refractivity contribution in [2.75, 3.05) is 43.4 Å². The van der Waals surface area contributed by atoms with E-state index in [1.807, 2.05) is 69.7 Å². The summed E-state index contributed by atoms with van der Waals surface area (Å²) in [5, 5.41) is 42.3. The maximum atomic E-state index is 12.6. The number of nitrogens with two attached hydrogens (primary N) is 1. The molecule has 12 rings (SSSR count). The Morgan fingerprint density at radius 1 is 0.625 bits per heavy atom. The lowest BCUT2D eigenvalue weighted by Crippen LogP contribution is -2.39. The number of nitrogens with zero attached hydrogens (tertiary/aromatic N) is 12. The number of aromatic carboxylic acids is 1. The zero-order valence-electron chi connectivity index (χ0n) is 44.9. The number of hydrogen-bond acceptors (Lipinski definition) is 15. The minimum atomic E-state index is -0.958. The first-order valence-corrected chi connectivity index (χ1v) is 27.6. The highest BCUT2D eigenvalue weighted by Gasteiger charge is 2.43. The molecule has 0 unspecified atom stereocenters. The first-order chi connectivity index (χ1) is 38.2. The van der Waals surface area contributed by atoms with Gasteiger partial charge in [0.1, 0.15) is 0 Å². The number of likely N-dealkylation sites (tertiary alicyclic amines) is 2. The first kappa shape index (κ1) is 56.4. The van der Waals surface area contributed by atoms with Crippen molar-refractivity contribution in [2.45, 2.75) is 123 Å². The van der Waals surface area contributed by atoms with Crippen molar-refractivity contribution in [2.24, 2.45) is 28.4 Å². The third-order valence-electron chi connectivity index (χ3n) is 16.1. The summed E-state index contributed by atoms with van der Waals surface area (Å²) >= 11 is 0. The molecule has 416 valence electrons. The quantitative estimate of drug-likeness (QED) is 0.0656. The molecular formula is C60H71N15O5. The molecule has 2 aliphatic heterocycles. The summed E-state index contributed by atoms with van der Waals surface area (Å²) in [6.45, 7) is 7.58. The number of aryl methyl sites for hydroxylation is 2. The molecule has 80 heavy (non-hydrogen) atoms. The van der Waals surface area contributed by atoms with Gasteiger partial charge in [0.25, 0.3) is 0 Å². The number of anilines is 4. The van der Waals surface area contributed by atoms with Crippen molar-refractivity contribution in [3.63, 3.8) is 0 Å². The van der Waals surface area contributed by atoms with Gasteiger partial charge in [-0.25, -0.2) is 24.7 Å². The average molecular weight is 1080 g/mol. The van der Waals surface area contributed by atoms with Gasteiger partial charge in [-0.1, -0.05) is 43.8 Å². The molecular weight excluding hydrogens is 1010 g/mol. The zero-order chi connectivity index (χ0) is 55.3. The van der Waals surface area contributed by atoms with Crippen molar-refractivity contribution in [3.05, 3.63) is 108 Å². The van der Waals surface area contributed by atoms with Gasteiger partial charge >= 0.3 is 5.97 Å². The van der Waals surface area contributed by atoms with E-state index in [4.69, 9.17) is 21.1 Å².